The predicted molar refractivity (Wildman–Crippen MR) is 121 cm³/mol. The minimum Gasteiger partial charge on any atom is -0.508 e. The van der Waals surface area contributed by atoms with Crippen LogP contribution >= 0.6 is 0 Å². The summed E-state index contributed by atoms with van der Waals surface area (Å²) in [6.45, 7) is 2.59. The summed E-state index contributed by atoms with van der Waals surface area (Å²) in [6.07, 6.45) is 11.4. The molecule has 0 aliphatic heterocycles. The largest absolute Gasteiger partial charge is 0.508 e. The standard InChI is InChI=1S/C25H38O5S/c1-25-13-12-21-20-9-8-19(26)16-18(20)15-17(24(21)22(25)10-11-23(25)27)7-5-3-4-6-14-30-31(2,28)29/h8-9,16-17,21-24,26-27H,3-7,10-15H2,1-2H3/t17-,21-,22+,23+,24-,25+/m1/s1. The van der Waals surface area contributed by atoms with Crippen LogP contribution in [0.4, 0.5) is 0 Å². The summed E-state index contributed by atoms with van der Waals surface area (Å²) < 4.78 is 27.0. The Labute approximate surface area is 187 Å². The maximum absolute atomic E-state index is 11.1. The SMILES string of the molecule is C[C@]12CC[C@@H]3c4ccc(O)cc4C[C@@H](CCCCCCOS(C)(=O)=O)[C@H]3[C@@H]1CC[C@@H]2O. The number of phenolic OH excluding ortho intramolecular Hbond substituents is 1. The molecule has 1 aromatic rings. The number of aliphatic hydroxyl groups is 1. The van der Waals surface area contributed by atoms with Gasteiger partial charge >= 0.3 is 0 Å². The van der Waals surface area contributed by atoms with Crippen LogP contribution in [0.25, 0.3) is 0 Å². The highest BCUT2D eigenvalue weighted by Gasteiger charge is 2.56. The third-order valence-electron chi connectivity index (χ3n) is 8.60. The second kappa shape index (κ2) is 9.03. The van der Waals surface area contributed by atoms with Crippen molar-refractivity contribution < 1.29 is 22.8 Å². The van der Waals surface area contributed by atoms with Crippen molar-refractivity contribution in [1.29, 1.82) is 0 Å². The number of benzene rings is 1. The number of fused-ring (bicyclic) bond motifs is 5. The molecule has 31 heavy (non-hydrogen) atoms. The molecule has 2 N–H and O–H groups in total. The van der Waals surface area contributed by atoms with E-state index in [2.05, 4.69) is 13.0 Å². The monoisotopic (exact) mass is 450 g/mol. The first-order valence-electron chi connectivity index (χ1n) is 12.0. The molecule has 4 rings (SSSR count). The van der Waals surface area contributed by atoms with Crippen LogP contribution in [-0.4, -0.2) is 37.6 Å². The number of unbranched alkanes of at least 4 members (excludes halogenated alkanes) is 3. The average molecular weight is 451 g/mol. The molecule has 6 atom stereocenters. The summed E-state index contributed by atoms with van der Waals surface area (Å²) in [7, 11) is -3.34. The fourth-order valence-corrected chi connectivity index (χ4v) is 7.52. The molecule has 0 aromatic heterocycles. The van der Waals surface area contributed by atoms with Crippen molar-refractivity contribution in [3.63, 3.8) is 0 Å². The van der Waals surface area contributed by atoms with Crippen LogP contribution in [0, 0.1) is 23.2 Å². The van der Waals surface area contributed by atoms with E-state index in [0.717, 1.165) is 70.5 Å². The molecule has 0 spiro atoms. The fraction of sp³-hybridized carbons (Fsp3) is 0.760. The van der Waals surface area contributed by atoms with E-state index >= 15 is 0 Å². The van der Waals surface area contributed by atoms with Gasteiger partial charge in [0.05, 0.1) is 19.0 Å². The van der Waals surface area contributed by atoms with Gasteiger partial charge in [-0.2, -0.15) is 8.42 Å². The van der Waals surface area contributed by atoms with Gasteiger partial charge in [0, 0.05) is 0 Å². The van der Waals surface area contributed by atoms with Crippen molar-refractivity contribution in [3.05, 3.63) is 29.3 Å². The lowest BCUT2D eigenvalue weighted by Gasteiger charge is -2.53. The first-order valence-corrected chi connectivity index (χ1v) is 13.8. The lowest BCUT2D eigenvalue weighted by atomic mass is 9.52. The van der Waals surface area contributed by atoms with E-state index in [-0.39, 0.29) is 18.1 Å². The number of aliphatic hydroxyl groups excluding tert-OH is 1. The van der Waals surface area contributed by atoms with E-state index in [9.17, 15) is 18.6 Å². The topological polar surface area (TPSA) is 83.8 Å². The van der Waals surface area contributed by atoms with Gasteiger partial charge in [-0.3, -0.25) is 4.18 Å². The molecule has 5 nitrogen and oxygen atoms in total. The van der Waals surface area contributed by atoms with Crippen molar-refractivity contribution in [1.82, 2.24) is 0 Å². The van der Waals surface area contributed by atoms with Crippen molar-refractivity contribution in [2.24, 2.45) is 23.2 Å². The second-order valence-electron chi connectivity index (χ2n) is 10.5. The molecule has 0 saturated heterocycles. The Balaban J connectivity index is 1.43. The van der Waals surface area contributed by atoms with Crippen molar-refractivity contribution >= 4 is 10.1 Å². The van der Waals surface area contributed by atoms with E-state index in [1.165, 1.54) is 11.1 Å². The predicted octanol–water partition coefficient (Wildman–Crippen LogP) is 4.76. The highest BCUT2D eigenvalue weighted by molar-refractivity contribution is 7.85. The summed E-state index contributed by atoms with van der Waals surface area (Å²) in [4.78, 5) is 0. The zero-order chi connectivity index (χ0) is 22.2. The maximum Gasteiger partial charge on any atom is 0.264 e. The van der Waals surface area contributed by atoms with Gasteiger partial charge in [-0.1, -0.05) is 32.3 Å². The van der Waals surface area contributed by atoms with Gasteiger partial charge < -0.3 is 10.2 Å². The molecule has 0 amide bonds. The summed E-state index contributed by atoms with van der Waals surface area (Å²) >= 11 is 0. The molecule has 0 bridgehead atoms. The molecule has 0 heterocycles. The summed E-state index contributed by atoms with van der Waals surface area (Å²) in [5.74, 6) is 2.68. The van der Waals surface area contributed by atoms with Crippen LogP contribution < -0.4 is 0 Å². The van der Waals surface area contributed by atoms with Gasteiger partial charge in [0.2, 0.25) is 0 Å². The Kier molecular flexibility index (Phi) is 6.72. The van der Waals surface area contributed by atoms with Crippen LogP contribution in [0.3, 0.4) is 0 Å². The van der Waals surface area contributed by atoms with E-state index < -0.39 is 10.1 Å². The number of hydrogen-bond acceptors (Lipinski definition) is 5. The highest BCUT2D eigenvalue weighted by atomic mass is 32.2. The quantitative estimate of drug-likeness (QED) is 0.441. The van der Waals surface area contributed by atoms with Gasteiger partial charge in [0.25, 0.3) is 10.1 Å². The van der Waals surface area contributed by atoms with Gasteiger partial charge in [0.1, 0.15) is 5.75 Å². The fourth-order valence-electron chi connectivity index (χ4n) is 7.10. The Morgan fingerprint density at radius 1 is 1.13 bits per heavy atom. The first kappa shape index (κ1) is 23.1. The molecule has 3 aliphatic rings. The molecular formula is C25H38O5S. The van der Waals surface area contributed by atoms with Crippen molar-refractivity contribution in [3.8, 4) is 5.75 Å². The van der Waals surface area contributed by atoms with E-state index in [0.29, 0.717) is 29.4 Å². The molecule has 6 heteroatoms. The molecule has 0 radical (unpaired) electrons. The molecule has 2 fully saturated rings. The smallest absolute Gasteiger partial charge is 0.264 e. The third kappa shape index (κ3) is 4.81. The van der Waals surface area contributed by atoms with E-state index in [4.69, 9.17) is 4.18 Å². The molecule has 1 aromatic carbocycles. The minimum atomic E-state index is -3.34. The van der Waals surface area contributed by atoms with Crippen LogP contribution in [0.15, 0.2) is 18.2 Å². The summed E-state index contributed by atoms with van der Waals surface area (Å²) in [5.41, 5.74) is 2.80. The summed E-state index contributed by atoms with van der Waals surface area (Å²) in [5, 5.41) is 20.8. The van der Waals surface area contributed by atoms with E-state index in [1.807, 2.05) is 12.1 Å². The Hall–Kier alpha value is -1.11. The average Bonchev–Trinajstić information content (AvgIpc) is 3.00. The minimum absolute atomic E-state index is 0.0524. The van der Waals surface area contributed by atoms with Crippen LogP contribution in [0.2, 0.25) is 0 Å². The van der Waals surface area contributed by atoms with Crippen LogP contribution in [0.1, 0.15) is 81.8 Å². The lowest BCUT2D eigenvalue weighted by Crippen LogP contribution is -2.47. The molecule has 2 saturated carbocycles. The number of aromatic hydroxyl groups is 1. The van der Waals surface area contributed by atoms with Gasteiger partial charge in [0.15, 0.2) is 0 Å². The van der Waals surface area contributed by atoms with Gasteiger partial charge in [-0.25, -0.2) is 0 Å². The zero-order valence-electron chi connectivity index (χ0n) is 18.9. The summed E-state index contributed by atoms with van der Waals surface area (Å²) in [6, 6.07) is 5.96. The first-order chi connectivity index (χ1) is 14.7. The molecular weight excluding hydrogens is 412 g/mol. The number of phenols is 1. The Morgan fingerprint density at radius 3 is 2.68 bits per heavy atom. The van der Waals surface area contributed by atoms with Gasteiger partial charge in [-0.15, -0.1) is 0 Å². The van der Waals surface area contributed by atoms with Crippen molar-refractivity contribution in [2.45, 2.75) is 83.2 Å². The molecule has 0 unspecified atom stereocenters. The second-order valence-corrected chi connectivity index (χ2v) is 12.1. The Morgan fingerprint density at radius 2 is 1.90 bits per heavy atom. The van der Waals surface area contributed by atoms with E-state index in [1.54, 1.807) is 0 Å². The maximum atomic E-state index is 11.1. The zero-order valence-corrected chi connectivity index (χ0v) is 19.7. The number of rotatable bonds is 8. The van der Waals surface area contributed by atoms with Crippen LogP contribution in [-0.2, 0) is 20.7 Å². The molecule has 3 aliphatic carbocycles. The Bertz CT molecular complexity index is 882. The van der Waals surface area contributed by atoms with Crippen LogP contribution in [0.5, 0.6) is 5.75 Å². The third-order valence-corrected chi connectivity index (χ3v) is 9.20. The molecule has 174 valence electrons. The van der Waals surface area contributed by atoms with Gasteiger partial charge in [-0.05, 0) is 97.3 Å². The van der Waals surface area contributed by atoms with Crippen molar-refractivity contribution in [2.75, 3.05) is 12.9 Å². The number of hydrogen-bond donors (Lipinski definition) is 2. The normalized spacial score (nSPS) is 34.7. The lowest BCUT2D eigenvalue weighted by molar-refractivity contribution is -0.0396. The highest BCUT2D eigenvalue weighted by Crippen LogP contribution is 2.62.